The Morgan fingerprint density at radius 1 is 0.730 bits per heavy atom. The molecule has 0 saturated heterocycles. The van der Waals surface area contributed by atoms with Crippen molar-refractivity contribution in [2.24, 2.45) is 0 Å². The number of nitrogens with one attached hydrogen (secondary N) is 2. The summed E-state index contributed by atoms with van der Waals surface area (Å²) in [6.45, 7) is 1.23. The Bertz CT molecular complexity index is 1310. The van der Waals surface area contributed by atoms with Crippen LogP contribution < -0.4 is 5.32 Å². The Balaban J connectivity index is 1.49. The summed E-state index contributed by atoms with van der Waals surface area (Å²) in [6.07, 6.45) is -6.71. The number of halogens is 6. The first kappa shape index (κ1) is 26.6. The summed E-state index contributed by atoms with van der Waals surface area (Å²) in [6, 6.07) is 15.8. The van der Waals surface area contributed by atoms with E-state index >= 15 is 0 Å². The van der Waals surface area contributed by atoms with Gasteiger partial charge >= 0.3 is 12.4 Å². The summed E-state index contributed by atoms with van der Waals surface area (Å²) in [5.74, 6) is 0.224. The van der Waals surface area contributed by atoms with Gasteiger partial charge in [0.15, 0.2) is 0 Å². The maximum atomic E-state index is 13.4. The molecule has 0 spiro atoms. The SMILES string of the molecule is Oc1ccc(CCCCNCCc2c(-c3cc(C(F)(F)F)cc(C(F)(F)F)c3)[nH]c3ccccc23)cc1. The van der Waals surface area contributed by atoms with Crippen molar-refractivity contribution in [3.05, 3.63) is 89.0 Å². The Hall–Kier alpha value is -3.46. The molecule has 0 atom stereocenters. The van der Waals surface area contributed by atoms with Crippen molar-refractivity contribution in [3.8, 4) is 17.0 Å². The highest BCUT2D eigenvalue weighted by atomic mass is 19.4. The van der Waals surface area contributed by atoms with Crippen molar-refractivity contribution in [1.29, 1.82) is 0 Å². The average molecular weight is 521 g/mol. The number of phenols is 1. The van der Waals surface area contributed by atoms with Crippen LogP contribution in [0.5, 0.6) is 5.75 Å². The van der Waals surface area contributed by atoms with Crippen LogP contribution >= 0.6 is 0 Å². The summed E-state index contributed by atoms with van der Waals surface area (Å²) in [5, 5.41) is 13.4. The summed E-state index contributed by atoms with van der Waals surface area (Å²) >= 11 is 0. The highest BCUT2D eigenvalue weighted by molar-refractivity contribution is 5.91. The number of aromatic amines is 1. The fraction of sp³-hybridized carbons (Fsp3) is 0.286. The molecule has 0 unspecified atom stereocenters. The monoisotopic (exact) mass is 520 g/mol. The van der Waals surface area contributed by atoms with Crippen LogP contribution in [0.2, 0.25) is 0 Å². The lowest BCUT2D eigenvalue weighted by molar-refractivity contribution is -0.143. The van der Waals surface area contributed by atoms with Crippen LogP contribution in [0.1, 0.15) is 35.1 Å². The highest BCUT2D eigenvalue weighted by Gasteiger charge is 2.37. The number of phenolic OH excluding ortho intramolecular Hbond substituents is 1. The van der Waals surface area contributed by atoms with Crippen LogP contribution in [0.3, 0.4) is 0 Å². The number of alkyl halides is 6. The second-order valence-electron chi connectivity index (χ2n) is 8.94. The molecule has 4 rings (SSSR count). The number of aromatic hydroxyl groups is 1. The molecule has 3 nitrogen and oxygen atoms in total. The third-order valence-corrected chi connectivity index (χ3v) is 6.25. The van der Waals surface area contributed by atoms with Crippen LogP contribution in [0.15, 0.2) is 66.7 Å². The van der Waals surface area contributed by atoms with Gasteiger partial charge in [-0.3, -0.25) is 0 Å². The van der Waals surface area contributed by atoms with E-state index in [-0.39, 0.29) is 23.1 Å². The van der Waals surface area contributed by atoms with Gasteiger partial charge in [0.2, 0.25) is 0 Å². The first-order chi connectivity index (χ1) is 17.5. The fourth-order valence-corrected chi connectivity index (χ4v) is 4.39. The second-order valence-corrected chi connectivity index (χ2v) is 8.94. The molecule has 0 aliphatic rings. The Morgan fingerprint density at radius 2 is 1.38 bits per heavy atom. The van der Waals surface area contributed by atoms with Gasteiger partial charge in [-0.1, -0.05) is 30.3 Å². The molecule has 0 aliphatic heterocycles. The van der Waals surface area contributed by atoms with Gasteiger partial charge in [-0.15, -0.1) is 0 Å². The fourth-order valence-electron chi connectivity index (χ4n) is 4.39. The lowest BCUT2D eigenvalue weighted by Gasteiger charge is -2.15. The molecule has 0 amide bonds. The normalized spacial score (nSPS) is 12.4. The van der Waals surface area contributed by atoms with Crippen molar-refractivity contribution < 1.29 is 31.4 Å². The van der Waals surface area contributed by atoms with Crippen molar-refractivity contribution in [1.82, 2.24) is 10.3 Å². The molecule has 3 aromatic carbocycles. The molecule has 3 N–H and O–H groups in total. The molecule has 0 radical (unpaired) electrons. The minimum Gasteiger partial charge on any atom is -0.508 e. The summed E-state index contributed by atoms with van der Waals surface area (Å²) < 4.78 is 80.6. The van der Waals surface area contributed by atoms with E-state index in [2.05, 4.69) is 10.3 Å². The number of hydrogen-bond donors (Lipinski definition) is 3. The third kappa shape index (κ3) is 6.65. The molecule has 9 heteroatoms. The van der Waals surface area contributed by atoms with Crippen LogP contribution in [0.4, 0.5) is 26.3 Å². The molecule has 0 fully saturated rings. The van der Waals surface area contributed by atoms with Gasteiger partial charge in [0.25, 0.3) is 0 Å². The molecule has 1 heterocycles. The maximum Gasteiger partial charge on any atom is 0.416 e. The zero-order valence-electron chi connectivity index (χ0n) is 19.8. The number of para-hydroxylation sites is 1. The number of hydrogen-bond acceptors (Lipinski definition) is 2. The number of unbranched alkanes of at least 4 members (excludes halogenated alkanes) is 1. The van der Waals surface area contributed by atoms with Gasteiger partial charge in [-0.2, -0.15) is 26.3 Å². The zero-order valence-corrected chi connectivity index (χ0v) is 19.8. The standard InChI is InChI=1S/C28H26F6N2O/c29-27(30,31)20-15-19(16-21(17-20)28(32,33)34)26-24(23-6-1-2-7-25(23)36-26)12-14-35-13-4-3-5-18-8-10-22(37)11-9-18/h1-2,6-11,15-17,35-37H,3-5,12-14H2. The smallest absolute Gasteiger partial charge is 0.416 e. The molecular formula is C28H26F6N2O. The second kappa shape index (κ2) is 10.9. The minimum absolute atomic E-state index is 0.144. The average Bonchev–Trinajstić information content (AvgIpc) is 3.22. The predicted molar refractivity (Wildman–Crippen MR) is 131 cm³/mol. The van der Waals surface area contributed by atoms with Crippen LogP contribution in [-0.2, 0) is 25.2 Å². The molecular weight excluding hydrogens is 494 g/mol. The lowest BCUT2D eigenvalue weighted by atomic mass is 9.98. The van der Waals surface area contributed by atoms with Gasteiger partial charge in [-0.25, -0.2) is 0 Å². The largest absolute Gasteiger partial charge is 0.508 e. The summed E-state index contributed by atoms with van der Waals surface area (Å²) in [5.41, 5.74) is -0.135. The number of fused-ring (bicyclic) bond motifs is 1. The first-order valence-electron chi connectivity index (χ1n) is 11.9. The third-order valence-electron chi connectivity index (χ3n) is 6.25. The zero-order chi connectivity index (χ0) is 26.6. The Kier molecular flexibility index (Phi) is 7.82. The Labute approximate surface area is 210 Å². The van der Waals surface area contributed by atoms with Crippen molar-refractivity contribution in [3.63, 3.8) is 0 Å². The maximum absolute atomic E-state index is 13.4. The minimum atomic E-state index is -4.91. The van der Waals surface area contributed by atoms with Crippen molar-refractivity contribution in [2.75, 3.05) is 13.1 Å². The first-order valence-corrected chi connectivity index (χ1v) is 11.9. The van der Waals surface area contributed by atoms with Gasteiger partial charge in [-0.05, 0) is 91.9 Å². The number of H-pyrrole nitrogens is 1. The van der Waals surface area contributed by atoms with E-state index in [0.29, 0.717) is 24.0 Å². The predicted octanol–water partition coefficient (Wildman–Crippen LogP) is 7.73. The topological polar surface area (TPSA) is 48.0 Å². The molecule has 0 aliphatic carbocycles. The van der Waals surface area contributed by atoms with E-state index in [9.17, 15) is 31.4 Å². The lowest BCUT2D eigenvalue weighted by Crippen LogP contribution is -2.18. The van der Waals surface area contributed by atoms with Crippen LogP contribution in [0, 0.1) is 0 Å². The quantitative estimate of drug-likeness (QED) is 0.156. The molecule has 0 saturated carbocycles. The molecule has 196 valence electrons. The van der Waals surface area contributed by atoms with E-state index in [1.54, 1.807) is 36.4 Å². The highest BCUT2D eigenvalue weighted by Crippen LogP contribution is 2.40. The summed E-state index contributed by atoms with van der Waals surface area (Å²) in [4.78, 5) is 3.04. The van der Waals surface area contributed by atoms with Crippen molar-refractivity contribution >= 4 is 10.9 Å². The van der Waals surface area contributed by atoms with Gasteiger partial charge < -0.3 is 15.4 Å². The number of aryl methyl sites for hydroxylation is 1. The van der Waals surface area contributed by atoms with Crippen LogP contribution in [-0.4, -0.2) is 23.2 Å². The van der Waals surface area contributed by atoms with Crippen LogP contribution in [0.25, 0.3) is 22.2 Å². The molecule has 4 aromatic rings. The van der Waals surface area contributed by atoms with E-state index in [1.165, 1.54) is 0 Å². The molecule has 37 heavy (non-hydrogen) atoms. The van der Waals surface area contributed by atoms with E-state index in [1.807, 2.05) is 12.1 Å². The molecule has 0 bridgehead atoms. The Morgan fingerprint density at radius 3 is 2.03 bits per heavy atom. The molecule has 1 aromatic heterocycles. The number of benzene rings is 3. The number of aromatic nitrogens is 1. The van der Waals surface area contributed by atoms with E-state index in [0.717, 1.165) is 48.9 Å². The number of rotatable bonds is 9. The van der Waals surface area contributed by atoms with E-state index < -0.39 is 23.5 Å². The van der Waals surface area contributed by atoms with Crippen molar-refractivity contribution in [2.45, 2.75) is 38.0 Å². The summed E-state index contributed by atoms with van der Waals surface area (Å²) in [7, 11) is 0. The van der Waals surface area contributed by atoms with Gasteiger partial charge in [0, 0.05) is 16.6 Å². The van der Waals surface area contributed by atoms with Gasteiger partial charge in [0.1, 0.15) is 5.75 Å². The van der Waals surface area contributed by atoms with E-state index in [4.69, 9.17) is 0 Å². The van der Waals surface area contributed by atoms with Gasteiger partial charge in [0.05, 0.1) is 11.1 Å².